The molecule has 0 aliphatic heterocycles. The van der Waals surface area contributed by atoms with Gasteiger partial charge in [0.1, 0.15) is 0 Å². The molecule has 1 unspecified atom stereocenters. The van der Waals surface area contributed by atoms with Crippen LogP contribution in [0, 0.1) is 5.41 Å². The predicted molar refractivity (Wildman–Crippen MR) is 95.3 cm³/mol. The number of amides is 1. The molecule has 0 heterocycles. The van der Waals surface area contributed by atoms with Crippen molar-refractivity contribution in [3.8, 4) is 0 Å². The van der Waals surface area contributed by atoms with Crippen LogP contribution in [0.4, 0.5) is 5.69 Å². The molecule has 0 bridgehead atoms. The lowest BCUT2D eigenvalue weighted by molar-refractivity contribution is 0.0935. The molecule has 0 spiro atoms. The molecule has 2 aromatic carbocycles. The van der Waals surface area contributed by atoms with Crippen molar-refractivity contribution in [2.24, 2.45) is 0 Å². The Labute approximate surface area is 141 Å². The molecule has 2 aromatic rings. The molecule has 0 aromatic heterocycles. The maximum absolute atomic E-state index is 12.5. The molecule has 2 rings (SSSR count). The summed E-state index contributed by atoms with van der Waals surface area (Å²) in [4.78, 5) is 12.5. The Morgan fingerprint density at radius 2 is 2.00 bits per heavy atom. The summed E-state index contributed by atoms with van der Waals surface area (Å²) in [5.74, 6) is -0.209. The molecule has 4 N–H and O–H groups in total. The standard InChI is InChI=1S/C18H20ClN3O/c1-3-17(13-6-4-5-7-15(13)19)22-18(23)12-8-9-16(21)14(10-12)11(2)20/h4-10,17,20H,3,21H2,1-2H3,(H,22,23). The van der Waals surface area contributed by atoms with Gasteiger partial charge in [-0.25, -0.2) is 0 Å². The Hall–Kier alpha value is -2.33. The van der Waals surface area contributed by atoms with E-state index in [1.165, 1.54) is 0 Å². The van der Waals surface area contributed by atoms with Crippen molar-refractivity contribution < 1.29 is 4.79 Å². The summed E-state index contributed by atoms with van der Waals surface area (Å²) in [6, 6.07) is 12.3. The summed E-state index contributed by atoms with van der Waals surface area (Å²) < 4.78 is 0. The molecule has 0 aliphatic rings. The number of anilines is 1. The zero-order valence-corrected chi connectivity index (χ0v) is 13.9. The van der Waals surface area contributed by atoms with Crippen molar-refractivity contribution >= 4 is 28.9 Å². The molecular weight excluding hydrogens is 310 g/mol. The van der Waals surface area contributed by atoms with Crippen LogP contribution >= 0.6 is 11.6 Å². The second kappa shape index (κ2) is 7.29. The zero-order valence-electron chi connectivity index (χ0n) is 13.2. The van der Waals surface area contributed by atoms with Gasteiger partial charge >= 0.3 is 0 Å². The summed E-state index contributed by atoms with van der Waals surface area (Å²) >= 11 is 6.22. The molecule has 0 radical (unpaired) electrons. The number of hydrogen-bond donors (Lipinski definition) is 3. The first kappa shape index (κ1) is 17.0. The zero-order chi connectivity index (χ0) is 17.0. The number of carbonyl (C=O) groups excluding carboxylic acids is 1. The van der Waals surface area contributed by atoms with Crippen LogP contribution in [0.3, 0.4) is 0 Å². The minimum atomic E-state index is -0.209. The monoisotopic (exact) mass is 329 g/mol. The quantitative estimate of drug-likeness (QED) is 0.568. The molecule has 120 valence electrons. The van der Waals surface area contributed by atoms with E-state index in [1.807, 2.05) is 31.2 Å². The second-order valence-corrected chi connectivity index (χ2v) is 5.79. The number of carbonyl (C=O) groups is 1. The van der Waals surface area contributed by atoms with Crippen molar-refractivity contribution in [3.05, 3.63) is 64.2 Å². The Bertz CT molecular complexity index is 743. The Morgan fingerprint density at radius 3 is 2.61 bits per heavy atom. The van der Waals surface area contributed by atoms with E-state index in [4.69, 9.17) is 22.7 Å². The number of nitrogens with two attached hydrogens (primary N) is 1. The number of halogens is 1. The van der Waals surface area contributed by atoms with E-state index in [0.29, 0.717) is 27.5 Å². The molecular formula is C18H20ClN3O. The van der Waals surface area contributed by atoms with Gasteiger partial charge < -0.3 is 16.5 Å². The van der Waals surface area contributed by atoms with Crippen molar-refractivity contribution in [1.29, 1.82) is 5.41 Å². The molecule has 0 fully saturated rings. The Morgan fingerprint density at radius 1 is 1.30 bits per heavy atom. The van der Waals surface area contributed by atoms with Gasteiger partial charge in [-0.3, -0.25) is 4.79 Å². The van der Waals surface area contributed by atoms with Gasteiger partial charge in [-0.2, -0.15) is 0 Å². The highest BCUT2D eigenvalue weighted by atomic mass is 35.5. The van der Waals surface area contributed by atoms with E-state index in [2.05, 4.69) is 5.32 Å². The summed E-state index contributed by atoms with van der Waals surface area (Å²) in [7, 11) is 0. The summed E-state index contributed by atoms with van der Waals surface area (Å²) in [5.41, 5.74) is 8.60. The van der Waals surface area contributed by atoms with Crippen molar-refractivity contribution in [1.82, 2.24) is 5.32 Å². The van der Waals surface area contributed by atoms with Crippen LogP contribution in [0.25, 0.3) is 0 Å². The highest BCUT2D eigenvalue weighted by Gasteiger charge is 2.17. The van der Waals surface area contributed by atoms with Crippen LogP contribution < -0.4 is 11.1 Å². The maximum Gasteiger partial charge on any atom is 0.251 e. The van der Waals surface area contributed by atoms with Crippen molar-refractivity contribution in [2.45, 2.75) is 26.3 Å². The predicted octanol–water partition coefficient (Wildman–Crippen LogP) is 4.19. The topological polar surface area (TPSA) is 79.0 Å². The van der Waals surface area contributed by atoms with Gasteiger partial charge in [-0.05, 0) is 43.2 Å². The van der Waals surface area contributed by atoms with Gasteiger partial charge in [0.15, 0.2) is 0 Å². The van der Waals surface area contributed by atoms with E-state index >= 15 is 0 Å². The van der Waals surface area contributed by atoms with Gasteiger partial charge in [0, 0.05) is 27.5 Å². The molecule has 1 atom stereocenters. The molecule has 0 saturated heterocycles. The van der Waals surface area contributed by atoms with E-state index in [9.17, 15) is 4.79 Å². The minimum absolute atomic E-state index is 0.168. The molecule has 23 heavy (non-hydrogen) atoms. The Kier molecular flexibility index (Phi) is 5.40. The normalized spacial score (nSPS) is 11.8. The van der Waals surface area contributed by atoms with Gasteiger partial charge in [0.25, 0.3) is 5.91 Å². The van der Waals surface area contributed by atoms with Gasteiger partial charge in [0.05, 0.1) is 6.04 Å². The van der Waals surface area contributed by atoms with Crippen LogP contribution in [0.1, 0.15) is 47.8 Å². The summed E-state index contributed by atoms with van der Waals surface area (Å²) in [6.45, 7) is 3.64. The fourth-order valence-electron chi connectivity index (χ4n) is 2.42. The average Bonchev–Trinajstić information content (AvgIpc) is 2.53. The van der Waals surface area contributed by atoms with Crippen LogP contribution in [0.5, 0.6) is 0 Å². The highest BCUT2D eigenvalue weighted by Crippen LogP contribution is 2.25. The lowest BCUT2D eigenvalue weighted by Crippen LogP contribution is -2.28. The first-order valence-corrected chi connectivity index (χ1v) is 7.82. The van der Waals surface area contributed by atoms with E-state index in [1.54, 1.807) is 25.1 Å². The average molecular weight is 330 g/mol. The fourth-order valence-corrected chi connectivity index (χ4v) is 2.69. The van der Waals surface area contributed by atoms with Crippen molar-refractivity contribution in [3.63, 3.8) is 0 Å². The second-order valence-electron chi connectivity index (χ2n) is 5.38. The van der Waals surface area contributed by atoms with Crippen LogP contribution in [0.15, 0.2) is 42.5 Å². The van der Waals surface area contributed by atoms with Crippen LogP contribution in [-0.2, 0) is 0 Å². The third-order valence-electron chi connectivity index (χ3n) is 3.71. The van der Waals surface area contributed by atoms with E-state index in [-0.39, 0.29) is 11.9 Å². The minimum Gasteiger partial charge on any atom is -0.398 e. The van der Waals surface area contributed by atoms with E-state index in [0.717, 1.165) is 12.0 Å². The number of nitrogen functional groups attached to an aromatic ring is 1. The lowest BCUT2D eigenvalue weighted by Gasteiger charge is -2.19. The highest BCUT2D eigenvalue weighted by molar-refractivity contribution is 6.31. The molecule has 4 nitrogen and oxygen atoms in total. The molecule has 0 saturated carbocycles. The molecule has 0 aliphatic carbocycles. The number of hydrogen-bond acceptors (Lipinski definition) is 3. The first-order chi connectivity index (χ1) is 10.9. The fraction of sp³-hybridized carbons (Fsp3) is 0.222. The Balaban J connectivity index is 2.25. The number of nitrogens with one attached hydrogen (secondary N) is 2. The lowest BCUT2D eigenvalue weighted by atomic mass is 10.0. The summed E-state index contributed by atoms with van der Waals surface area (Å²) in [5, 5.41) is 11.3. The number of benzene rings is 2. The van der Waals surface area contributed by atoms with Gasteiger partial charge in [-0.1, -0.05) is 36.7 Å². The smallest absolute Gasteiger partial charge is 0.251 e. The van der Waals surface area contributed by atoms with Gasteiger partial charge in [0.2, 0.25) is 0 Å². The number of rotatable bonds is 5. The van der Waals surface area contributed by atoms with Crippen molar-refractivity contribution in [2.75, 3.05) is 5.73 Å². The van der Waals surface area contributed by atoms with Crippen LogP contribution in [0.2, 0.25) is 5.02 Å². The summed E-state index contributed by atoms with van der Waals surface area (Å²) in [6.07, 6.45) is 0.723. The first-order valence-electron chi connectivity index (χ1n) is 7.44. The SMILES string of the molecule is CCC(NC(=O)c1ccc(N)c(C(C)=N)c1)c1ccccc1Cl. The molecule has 5 heteroatoms. The molecule has 1 amide bonds. The maximum atomic E-state index is 12.5. The van der Waals surface area contributed by atoms with Gasteiger partial charge in [-0.15, -0.1) is 0 Å². The third-order valence-corrected chi connectivity index (χ3v) is 4.06. The van der Waals surface area contributed by atoms with Crippen LogP contribution in [-0.4, -0.2) is 11.6 Å². The third kappa shape index (κ3) is 3.90. The largest absolute Gasteiger partial charge is 0.398 e. The van der Waals surface area contributed by atoms with E-state index < -0.39 is 0 Å².